The highest BCUT2D eigenvalue weighted by molar-refractivity contribution is 7.89. The maximum atomic E-state index is 13.0. The van der Waals surface area contributed by atoms with E-state index in [4.69, 9.17) is 11.5 Å². The molecule has 1 heterocycles. The van der Waals surface area contributed by atoms with Gasteiger partial charge < -0.3 is 16.0 Å². The van der Waals surface area contributed by atoms with Crippen LogP contribution in [0.15, 0.2) is 35.5 Å². The van der Waals surface area contributed by atoms with Gasteiger partial charge in [-0.3, -0.25) is 0 Å². The summed E-state index contributed by atoms with van der Waals surface area (Å²) in [6, 6.07) is 4.90. The van der Waals surface area contributed by atoms with Gasteiger partial charge in [0.1, 0.15) is 5.82 Å². The fourth-order valence-corrected chi connectivity index (χ4v) is 5.26. The molecule has 1 saturated carbocycles. The molecular weight excluding hydrogens is 374 g/mol. The third kappa shape index (κ3) is 3.81. The molecule has 1 aliphatic carbocycles. The molecule has 0 unspecified atom stereocenters. The van der Waals surface area contributed by atoms with Crippen LogP contribution in [0.4, 0.5) is 5.69 Å². The minimum absolute atomic E-state index is 0.164. The van der Waals surface area contributed by atoms with Crippen LogP contribution in [-0.2, 0) is 10.0 Å². The molecule has 0 aliphatic heterocycles. The van der Waals surface area contributed by atoms with Crippen LogP contribution in [0.25, 0.3) is 5.69 Å². The van der Waals surface area contributed by atoms with Crippen molar-refractivity contribution in [3.8, 4) is 5.69 Å². The molecule has 3 rings (SSSR count). The summed E-state index contributed by atoms with van der Waals surface area (Å²) in [6.45, 7) is 3.81. The SMILES string of the molecule is CN(C(C)(C)CN)S(=O)(=O)c1ccc(-n2ccnc2C2CCCCC2)c(N)c1. The number of aromatic nitrogens is 2. The van der Waals surface area contributed by atoms with E-state index in [1.54, 1.807) is 39.2 Å². The second-order valence-corrected chi connectivity index (χ2v) is 10.2. The minimum Gasteiger partial charge on any atom is -0.397 e. The van der Waals surface area contributed by atoms with Gasteiger partial charge in [0, 0.05) is 37.4 Å². The van der Waals surface area contributed by atoms with Gasteiger partial charge in [0.25, 0.3) is 0 Å². The molecule has 8 heteroatoms. The van der Waals surface area contributed by atoms with Crippen molar-refractivity contribution in [2.75, 3.05) is 19.3 Å². The van der Waals surface area contributed by atoms with Gasteiger partial charge in [0.05, 0.1) is 16.3 Å². The topological polar surface area (TPSA) is 107 Å². The molecule has 0 amide bonds. The molecule has 7 nitrogen and oxygen atoms in total. The Bertz CT molecular complexity index is 930. The summed E-state index contributed by atoms with van der Waals surface area (Å²) < 4.78 is 29.3. The Morgan fingerprint density at radius 1 is 1.25 bits per heavy atom. The molecule has 1 aromatic carbocycles. The lowest BCUT2D eigenvalue weighted by Crippen LogP contribution is -2.49. The summed E-state index contributed by atoms with van der Waals surface area (Å²) in [5.41, 5.74) is 12.5. The van der Waals surface area contributed by atoms with E-state index in [1.165, 1.54) is 29.6 Å². The Morgan fingerprint density at radius 3 is 2.54 bits per heavy atom. The quantitative estimate of drug-likeness (QED) is 0.719. The number of benzene rings is 1. The number of likely N-dealkylation sites (N-methyl/N-ethyl adjacent to an activating group) is 1. The Morgan fingerprint density at radius 2 is 1.93 bits per heavy atom. The average molecular weight is 406 g/mol. The van der Waals surface area contributed by atoms with Crippen LogP contribution in [0.3, 0.4) is 0 Å². The van der Waals surface area contributed by atoms with Crippen molar-refractivity contribution in [2.24, 2.45) is 5.73 Å². The maximum Gasteiger partial charge on any atom is 0.243 e. The number of hydrogen-bond acceptors (Lipinski definition) is 5. The molecule has 0 saturated heterocycles. The molecule has 0 radical (unpaired) electrons. The van der Waals surface area contributed by atoms with E-state index >= 15 is 0 Å². The van der Waals surface area contributed by atoms with Crippen molar-refractivity contribution in [1.82, 2.24) is 13.9 Å². The van der Waals surface area contributed by atoms with E-state index in [9.17, 15) is 8.42 Å². The van der Waals surface area contributed by atoms with E-state index in [1.807, 2.05) is 10.8 Å². The highest BCUT2D eigenvalue weighted by Gasteiger charge is 2.33. The van der Waals surface area contributed by atoms with Gasteiger partial charge >= 0.3 is 0 Å². The molecular formula is C20H31N5O2S. The zero-order valence-electron chi connectivity index (χ0n) is 16.9. The summed E-state index contributed by atoms with van der Waals surface area (Å²) in [7, 11) is -2.15. The predicted molar refractivity (Wildman–Crippen MR) is 112 cm³/mol. The number of nitrogen functional groups attached to an aromatic ring is 1. The second kappa shape index (κ2) is 7.85. The lowest BCUT2D eigenvalue weighted by molar-refractivity contribution is 0.274. The van der Waals surface area contributed by atoms with Crippen LogP contribution in [0, 0.1) is 0 Å². The van der Waals surface area contributed by atoms with E-state index in [0.29, 0.717) is 11.6 Å². The van der Waals surface area contributed by atoms with Gasteiger partial charge in [0.2, 0.25) is 10.0 Å². The largest absolute Gasteiger partial charge is 0.397 e. The number of hydrogen-bond donors (Lipinski definition) is 2. The lowest BCUT2D eigenvalue weighted by atomic mass is 9.88. The Hall–Kier alpha value is -1.90. The van der Waals surface area contributed by atoms with Crippen molar-refractivity contribution >= 4 is 15.7 Å². The van der Waals surface area contributed by atoms with Crippen LogP contribution in [0.5, 0.6) is 0 Å². The van der Waals surface area contributed by atoms with Crippen molar-refractivity contribution < 1.29 is 8.42 Å². The van der Waals surface area contributed by atoms with E-state index in [2.05, 4.69) is 4.98 Å². The molecule has 1 fully saturated rings. The summed E-state index contributed by atoms with van der Waals surface area (Å²) >= 11 is 0. The standard InChI is InChI=1S/C20H31N5O2S/c1-20(2,14-21)24(3)28(26,27)16-9-10-18(17(22)13-16)25-12-11-23-19(25)15-7-5-4-6-8-15/h9-13,15H,4-8,14,21-22H2,1-3H3. The molecule has 0 spiro atoms. The fraction of sp³-hybridized carbons (Fsp3) is 0.550. The normalized spacial score (nSPS) is 16.6. The number of imidazole rings is 1. The van der Waals surface area contributed by atoms with Crippen LogP contribution in [0.2, 0.25) is 0 Å². The number of rotatable bonds is 6. The zero-order chi connectivity index (χ0) is 20.5. The fourth-order valence-electron chi connectivity index (χ4n) is 3.71. The second-order valence-electron chi connectivity index (χ2n) is 8.20. The smallest absolute Gasteiger partial charge is 0.243 e. The Balaban J connectivity index is 1.95. The number of nitrogens with zero attached hydrogens (tertiary/aromatic N) is 3. The van der Waals surface area contributed by atoms with Crippen LogP contribution >= 0.6 is 0 Å². The number of nitrogens with two attached hydrogens (primary N) is 2. The third-order valence-electron chi connectivity index (χ3n) is 5.91. The first-order valence-electron chi connectivity index (χ1n) is 9.81. The van der Waals surface area contributed by atoms with Crippen molar-refractivity contribution in [3.63, 3.8) is 0 Å². The molecule has 1 aliphatic rings. The van der Waals surface area contributed by atoms with E-state index < -0.39 is 15.6 Å². The van der Waals surface area contributed by atoms with Gasteiger partial charge in [-0.2, -0.15) is 4.31 Å². The zero-order valence-corrected chi connectivity index (χ0v) is 17.7. The van der Waals surface area contributed by atoms with Crippen molar-refractivity contribution in [3.05, 3.63) is 36.4 Å². The number of sulfonamides is 1. The van der Waals surface area contributed by atoms with E-state index in [-0.39, 0.29) is 11.4 Å². The highest BCUT2D eigenvalue weighted by Crippen LogP contribution is 2.34. The first-order valence-corrected chi connectivity index (χ1v) is 11.2. The Labute approximate surface area is 167 Å². The van der Waals surface area contributed by atoms with Crippen LogP contribution in [-0.4, -0.2) is 41.4 Å². The molecule has 28 heavy (non-hydrogen) atoms. The van der Waals surface area contributed by atoms with Crippen LogP contribution < -0.4 is 11.5 Å². The monoisotopic (exact) mass is 405 g/mol. The predicted octanol–water partition coefficient (Wildman–Crippen LogP) is 2.86. The highest BCUT2D eigenvalue weighted by atomic mass is 32.2. The Kier molecular flexibility index (Phi) is 5.84. The van der Waals surface area contributed by atoms with Crippen LogP contribution in [0.1, 0.15) is 57.7 Å². The maximum absolute atomic E-state index is 13.0. The van der Waals surface area contributed by atoms with Gasteiger partial charge in [-0.1, -0.05) is 19.3 Å². The average Bonchev–Trinajstić information content (AvgIpc) is 3.17. The first kappa shape index (κ1) is 20.8. The van der Waals surface area contributed by atoms with Gasteiger partial charge in [-0.05, 0) is 44.9 Å². The van der Waals surface area contributed by atoms with Gasteiger partial charge in [-0.15, -0.1) is 0 Å². The first-order chi connectivity index (χ1) is 13.2. The summed E-state index contributed by atoms with van der Waals surface area (Å²) in [6.07, 6.45) is 9.64. The molecule has 2 aromatic rings. The van der Waals surface area contributed by atoms with Crippen molar-refractivity contribution in [1.29, 1.82) is 0 Å². The summed E-state index contributed by atoms with van der Waals surface area (Å²) in [5.74, 6) is 1.42. The summed E-state index contributed by atoms with van der Waals surface area (Å²) in [4.78, 5) is 4.73. The van der Waals surface area contributed by atoms with E-state index in [0.717, 1.165) is 24.4 Å². The summed E-state index contributed by atoms with van der Waals surface area (Å²) in [5, 5.41) is 0. The lowest BCUT2D eigenvalue weighted by Gasteiger charge is -2.33. The third-order valence-corrected chi connectivity index (χ3v) is 7.97. The molecule has 4 N–H and O–H groups in total. The molecule has 0 bridgehead atoms. The minimum atomic E-state index is -3.70. The van der Waals surface area contributed by atoms with Gasteiger partial charge in [-0.25, -0.2) is 13.4 Å². The number of anilines is 1. The molecule has 0 atom stereocenters. The molecule has 154 valence electrons. The van der Waals surface area contributed by atoms with Crippen molar-refractivity contribution in [2.45, 2.75) is 62.3 Å². The van der Waals surface area contributed by atoms with Gasteiger partial charge in [0.15, 0.2) is 0 Å². The molecule has 1 aromatic heterocycles.